The number of nitrogens with one attached hydrogen (secondary N) is 2. The molecule has 3 N–H and O–H groups in total. The fourth-order valence-corrected chi connectivity index (χ4v) is 2.36. The smallest absolute Gasteiger partial charge is 0.329 e. The number of hydrogen-bond donors (Lipinski definition) is 3. The lowest BCUT2D eigenvalue weighted by molar-refractivity contribution is -0.150. The van der Waals surface area contributed by atoms with Gasteiger partial charge in [-0.3, -0.25) is 4.79 Å². The molecule has 5 nitrogen and oxygen atoms in total. The minimum Gasteiger partial charge on any atom is -0.480 e. The largest absolute Gasteiger partial charge is 0.480 e. The summed E-state index contributed by atoms with van der Waals surface area (Å²) in [7, 11) is 0. The summed E-state index contributed by atoms with van der Waals surface area (Å²) >= 11 is 0. The van der Waals surface area contributed by atoms with E-state index < -0.39 is 11.5 Å². The number of carboxylic acid groups (broad SMARTS) is 1. The first kappa shape index (κ1) is 11.4. The van der Waals surface area contributed by atoms with Gasteiger partial charge in [0.05, 0.1) is 5.92 Å². The van der Waals surface area contributed by atoms with Crippen LogP contribution in [0.4, 0.5) is 0 Å². The molecule has 1 aliphatic heterocycles. The van der Waals surface area contributed by atoms with Gasteiger partial charge in [0.15, 0.2) is 0 Å². The Balaban J connectivity index is 2.01. The third kappa shape index (κ3) is 2.04. The molecule has 90 valence electrons. The Kier molecular flexibility index (Phi) is 3.14. The standard InChI is InChI=1S/C11H18N2O3/c14-9(8-6-12-7-8)13-11(10(15)16)4-2-1-3-5-11/h8,12H,1-7H2,(H,13,14)(H,15,16). The van der Waals surface area contributed by atoms with E-state index in [1.165, 1.54) is 0 Å². The van der Waals surface area contributed by atoms with Crippen LogP contribution in [0.3, 0.4) is 0 Å². The van der Waals surface area contributed by atoms with E-state index >= 15 is 0 Å². The van der Waals surface area contributed by atoms with Crippen molar-refractivity contribution >= 4 is 11.9 Å². The molecule has 1 aliphatic carbocycles. The van der Waals surface area contributed by atoms with Gasteiger partial charge >= 0.3 is 5.97 Å². The topological polar surface area (TPSA) is 78.4 Å². The summed E-state index contributed by atoms with van der Waals surface area (Å²) in [4.78, 5) is 23.1. The number of carbonyl (C=O) groups is 2. The van der Waals surface area contributed by atoms with Crippen molar-refractivity contribution in [2.75, 3.05) is 13.1 Å². The molecule has 1 amide bonds. The maximum absolute atomic E-state index is 11.8. The summed E-state index contributed by atoms with van der Waals surface area (Å²) < 4.78 is 0. The molecule has 0 bridgehead atoms. The lowest BCUT2D eigenvalue weighted by atomic mass is 9.81. The van der Waals surface area contributed by atoms with Crippen molar-refractivity contribution in [3.05, 3.63) is 0 Å². The molecule has 0 aromatic carbocycles. The summed E-state index contributed by atoms with van der Waals surface area (Å²) in [5.74, 6) is -1.03. The molecule has 2 fully saturated rings. The molecule has 0 aromatic rings. The SMILES string of the molecule is O=C(NC1(C(=O)O)CCCCC1)C1CNC1. The van der Waals surface area contributed by atoms with E-state index in [4.69, 9.17) is 0 Å². The van der Waals surface area contributed by atoms with Crippen molar-refractivity contribution in [3.8, 4) is 0 Å². The Morgan fingerprint density at radius 1 is 1.19 bits per heavy atom. The lowest BCUT2D eigenvalue weighted by Gasteiger charge is -2.36. The fraction of sp³-hybridized carbons (Fsp3) is 0.818. The van der Waals surface area contributed by atoms with Gasteiger partial charge in [-0.1, -0.05) is 19.3 Å². The van der Waals surface area contributed by atoms with Crippen molar-refractivity contribution in [2.24, 2.45) is 5.92 Å². The first-order chi connectivity index (χ1) is 7.64. The van der Waals surface area contributed by atoms with Gasteiger partial charge < -0.3 is 15.7 Å². The second kappa shape index (κ2) is 4.41. The molecule has 0 radical (unpaired) electrons. The van der Waals surface area contributed by atoms with Crippen molar-refractivity contribution in [3.63, 3.8) is 0 Å². The molecule has 1 heterocycles. The van der Waals surface area contributed by atoms with E-state index in [-0.39, 0.29) is 11.8 Å². The predicted octanol–water partition coefficient (Wildman–Crippen LogP) is 0.109. The number of carboxylic acids is 1. The lowest BCUT2D eigenvalue weighted by Crippen LogP contribution is -2.60. The molecular formula is C11H18N2O3. The van der Waals surface area contributed by atoms with Gasteiger partial charge in [0, 0.05) is 13.1 Å². The average molecular weight is 226 g/mol. The summed E-state index contributed by atoms with van der Waals surface area (Å²) in [5, 5.41) is 15.0. The maximum Gasteiger partial charge on any atom is 0.329 e. The van der Waals surface area contributed by atoms with Crippen LogP contribution in [0.1, 0.15) is 32.1 Å². The summed E-state index contributed by atoms with van der Waals surface area (Å²) in [6.07, 6.45) is 3.96. The Morgan fingerprint density at radius 2 is 1.81 bits per heavy atom. The van der Waals surface area contributed by atoms with E-state index in [2.05, 4.69) is 10.6 Å². The molecule has 2 rings (SSSR count). The predicted molar refractivity (Wildman–Crippen MR) is 58.0 cm³/mol. The van der Waals surface area contributed by atoms with Crippen molar-refractivity contribution in [1.29, 1.82) is 0 Å². The van der Waals surface area contributed by atoms with Crippen LogP contribution in [0.25, 0.3) is 0 Å². The van der Waals surface area contributed by atoms with Crippen LogP contribution in [0.15, 0.2) is 0 Å². The summed E-state index contributed by atoms with van der Waals surface area (Å²) in [5.41, 5.74) is -0.995. The maximum atomic E-state index is 11.8. The van der Waals surface area contributed by atoms with Gasteiger partial charge in [-0.15, -0.1) is 0 Å². The van der Waals surface area contributed by atoms with Gasteiger partial charge in [0.25, 0.3) is 0 Å². The van der Waals surface area contributed by atoms with Gasteiger partial charge in [0.2, 0.25) is 5.91 Å². The van der Waals surface area contributed by atoms with Crippen LogP contribution in [-0.2, 0) is 9.59 Å². The second-order valence-electron chi connectivity index (χ2n) is 4.79. The highest BCUT2D eigenvalue weighted by Gasteiger charge is 2.42. The zero-order chi connectivity index (χ0) is 11.6. The number of aliphatic carboxylic acids is 1. The van der Waals surface area contributed by atoms with Crippen LogP contribution in [-0.4, -0.2) is 35.6 Å². The number of hydrogen-bond acceptors (Lipinski definition) is 3. The highest BCUT2D eigenvalue weighted by atomic mass is 16.4. The van der Waals surface area contributed by atoms with Crippen molar-refractivity contribution in [2.45, 2.75) is 37.6 Å². The highest BCUT2D eigenvalue weighted by molar-refractivity contribution is 5.88. The Bertz CT molecular complexity index is 294. The number of amides is 1. The molecule has 2 aliphatic rings. The third-order valence-electron chi connectivity index (χ3n) is 3.63. The summed E-state index contributed by atoms with van der Waals surface area (Å²) in [6.45, 7) is 1.34. The van der Waals surface area contributed by atoms with Crippen LogP contribution in [0.2, 0.25) is 0 Å². The van der Waals surface area contributed by atoms with Crippen LogP contribution < -0.4 is 10.6 Å². The van der Waals surface area contributed by atoms with E-state index in [1.54, 1.807) is 0 Å². The molecule has 1 saturated carbocycles. The Hall–Kier alpha value is -1.10. The highest BCUT2D eigenvalue weighted by Crippen LogP contribution is 2.29. The van der Waals surface area contributed by atoms with Gasteiger partial charge in [-0.25, -0.2) is 4.79 Å². The molecular weight excluding hydrogens is 208 g/mol. The monoisotopic (exact) mass is 226 g/mol. The first-order valence-electron chi connectivity index (χ1n) is 5.90. The third-order valence-corrected chi connectivity index (χ3v) is 3.63. The quantitative estimate of drug-likeness (QED) is 0.638. The molecule has 0 atom stereocenters. The molecule has 0 aromatic heterocycles. The number of rotatable bonds is 3. The molecule has 0 spiro atoms. The molecule has 5 heteroatoms. The normalized spacial score (nSPS) is 24.5. The zero-order valence-corrected chi connectivity index (χ0v) is 9.29. The summed E-state index contributed by atoms with van der Waals surface area (Å²) in [6, 6.07) is 0. The van der Waals surface area contributed by atoms with Crippen molar-refractivity contribution in [1.82, 2.24) is 10.6 Å². The van der Waals surface area contributed by atoms with Gasteiger partial charge in [0.1, 0.15) is 5.54 Å². The molecule has 0 unspecified atom stereocenters. The Morgan fingerprint density at radius 3 is 2.25 bits per heavy atom. The van der Waals surface area contributed by atoms with E-state index in [1.807, 2.05) is 0 Å². The van der Waals surface area contributed by atoms with E-state index in [0.717, 1.165) is 19.3 Å². The molecule has 16 heavy (non-hydrogen) atoms. The Labute approximate surface area is 94.6 Å². The first-order valence-corrected chi connectivity index (χ1v) is 5.90. The van der Waals surface area contributed by atoms with Crippen LogP contribution in [0.5, 0.6) is 0 Å². The average Bonchev–Trinajstić information content (AvgIpc) is 2.15. The second-order valence-corrected chi connectivity index (χ2v) is 4.79. The number of carbonyl (C=O) groups excluding carboxylic acids is 1. The van der Waals surface area contributed by atoms with E-state index in [0.29, 0.717) is 25.9 Å². The minimum absolute atomic E-state index is 0.0434. The van der Waals surface area contributed by atoms with E-state index in [9.17, 15) is 14.7 Å². The minimum atomic E-state index is -0.995. The van der Waals surface area contributed by atoms with Gasteiger partial charge in [-0.05, 0) is 12.8 Å². The fourth-order valence-electron chi connectivity index (χ4n) is 2.36. The van der Waals surface area contributed by atoms with Gasteiger partial charge in [-0.2, -0.15) is 0 Å². The van der Waals surface area contributed by atoms with Crippen LogP contribution in [0, 0.1) is 5.92 Å². The van der Waals surface area contributed by atoms with Crippen molar-refractivity contribution < 1.29 is 14.7 Å². The zero-order valence-electron chi connectivity index (χ0n) is 9.29. The van der Waals surface area contributed by atoms with Crippen LogP contribution >= 0.6 is 0 Å². The molecule has 1 saturated heterocycles.